The summed E-state index contributed by atoms with van der Waals surface area (Å²) in [6.45, 7) is 0. The van der Waals surface area contributed by atoms with Crippen molar-refractivity contribution in [1.29, 1.82) is 0 Å². The summed E-state index contributed by atoms with van der Waals surface area (Å²) < 4.78 is 13.0. The number of aromatic nitrogens is 3. The minimum absolute atomic E-state index is 0.197. The summed E-state index contributed by atoms with van der Waals surface area (Å²) in [6, 6.07) is 16.6. The number of benzene rings is 2. The average molecular weight is 359 g/mol. The molecule has 2 heterocycles. The first-order valence-electron chi connectivity index (χ1n) is 8.20. The predicted molar refractivity (Wildman–Crippen MR) is 101 cm³/mol. The van der Waals surface area contributed by atoms with Crippen molar-refractivity contribution in [3.8, 4) is 0 Å². The highest BCUT2D eigenvalue weighted by molar-refractivity contribution is 6.07. The SMILES string of the molecule is O=C(Nc1cccc2cccnc12)c1ccnc(Nc2ccc(F)cc2)n1. The van der Waals surface area contributed by atoms with Crippen molar-refractivity contribution >= 4 is 34.1 Å². The number of nitrogens with one attached hydrogen (secondary N) is 2. The second-order valence-electron chi connectivity index (χ2n) is 5.73. The molecule has 0 saturated carbocycles. The smallest absolute Gasteiger partial charge is 0.274 e. The van der Waals surface area contributed by atoms with Gasteiger partial charge in [0, 0.05) is 23.5 Å². The highest BCUT2D eigenvalue weighted by atomic mass is 19.1. The Kier molecular flexibility index (Phi) is 4.40. The molecule has 0 fully saturated rings. The predicted octanol–water partition coefficient (Wildman–Crippen LogP) is 4.16. The van der Waals surface area contributed by atoms with Crippen LogP contribution >= 0.6 is 0 Å². The minimum Gasteiger partial charge on any atom is -0.324 e. The van der Waals surface area contributed by atoms with Gasteiger partial charge in [0.25, 0.3) is 5.91 Å². The molecule has 2 aromatic carbocycles. The van der Waals surface area contributed by atoms with Crippen molar-refractivity contribution in [2.45, 2.75) is 0 Å². The van der Waals surface area contributed by atoms with E-state index in [2.05, 4.69) is 25.6 Å². The zero-order valence-corrected chi connectivity index (χ0v) is 14.1. The zero-order valence-electron chi connectivity index (χ0n) is 14.1. The second kappa shape index (κ2) is 7.17. The van der Waals surface area contributed by atoms with Gasteiger partial charge in [-0.15, -0.1) is 0 Å². The van der Waals surface area contributed by atoms with Crippen LogP contribution in [0.15, 0.2) is 73.1 Å². The van der Waals surface area contributed by atoms with E-state index in [1.807, 2.05) is 24.3 Å². The summed E-state index contributed by atoms with van der Waals surface area (Å²) in [7, 11) is 0. The van der Waals surface area contributed by atoms with Crippen LogP contribution in [0, 0.1) is 5.82 Å². The van der Waals surface area contributed by atoms with Crippen LogP contribution < -0.4 is 10.6 Å². The van der Waals surface area contributed by atoms with Crippen molar-refractivity contribution in [2.75, 3.05) is 10.6 Å². The molecule has 6 nitrogen and oxygen atoms in total. The molecule has 7 heteroatoms. The summed E-state index contributed by atoms with van der Waals surface area (Å²) in [5.41, 5.74) is 2.12. The van der Waals surface area contributed by atoms with Crippen LogP contribution in [0.3, 0.4) is 0 Å². The number of amides is 1. The molecular formula is C20H14FN5O. The highest BCUT2D eigenvalue weighted by Gasteiger charge is 2.11. The van der Waals surface area contributed by atoms with E-state index >= 15 is 0 Å². The minimum atomic E-state index is -0.377. The van der Waals surface area contributed by atoms with Crippen LogP contribution in [-0.4, -0.2) is 20.9 Å². The Hall–Kier alpha value is -3.87. The summed E-state index contributed by atoms with van der Waals surface area (Å²) in [5.74, 6) is -0.471. The molecule has 0 unspecified atom stereocenters. The molecule has 0 atom stereocenters. The average Bonchev–Trinajstić information content (AvgIpc) is 2.70. The Bertz CT molecular complexity index is 1110. The van der Waals surface area contributed by atoms with Gasteiger partial charge in [-0.05, 0) is 42.5 Å². The first-order valence-corrected chi connectivity index (χ1v) is 8.20. The first-order chi connectivity index (χ1) is 13.2. The molecule has 1 amide bonds. The maximum Gasteiger partial charge on any atom is 0.274 e. The van der Waals surface area contributed by atoms with Crippen LogP contribution in [0.1, 0.15) is 10.5 Å². The summed E-state index contributed by atoms with van der Waals surface area (Å²) in [6.07, 6.45) is 3.16. The van der Waals surface area contributed by atoms with Gasteiger partial charge in [0.1, 0.15) is 11.5 Å². The number of hydrogen-bond acceptors (Lipinski definition) is 5. The van der Waals surface area contributed by atoms with Crippen molar-refractivity contribution in [3.05, 3.63) is 84.6 Å². The Balaban J connectivity index is 1.56. The van der Waals surface area contributed by atoms with E-state index in [-0.39, 0.29) is 23.4 Å². The fourth-order valence-electron chi connectivity index (χ4n) is 2.60. The largest absolute Gasteiger partial charge is 0.324 e. The fourth-order valence-corrected chi connectivity index (χ4v) is 2.60. The first kappa shape index (κ1) is 16.6. The third-order valence-electron chi connectivity index (χ3n) is 3.87. The van der Waals surface area contributed by atoms with Gasteiger partial charge < -0.3 is 10.6 Å². The number of pyridine rings is 1. The van der Waals surface area contributed by atoms with Gasteiger partial charge in [-0.2, -0.15) is 0 Å². The number of carbonyl (C=O) groups excluding carboxylic acids is 1. The lowest BCUT2D eigenvalue weighted by atomic mass is 10.2. The highest BCUT2D eigenvalue weighted by Crippen LogP contribution is 2.21. The molecule has 4 rings (SSSR count). The lowest BCUT2D eigenvalue weighted by Crippen LogP contribution is -2.15. The van der Waals surface area contributed by atoms with Gasteiger partial charge in [0.15, 0.2) is 0 Å². The number of para-hydroxylation sites is 1. The molecular weight excluding hydrogens is 345 g/mol. The van der Waals surface area contributed by atoms with Gasteiger partial charge in [0.05, 0.1) is 11.2 Å². The van der Waals surface area contributed by atoms with Crippen molar-refractivity contribution in [1.82, 2.24) is 15.0 Å². The van der Waals surface area contributed by atoms with E-state index in [1.54, 1.807) is 24.4 Å². The molecule has 0 radical (unpaired) electrons. The molecule has 0 aliphatic heterocycles. The molecule has 2 aromatic heterocycles. The van der Waals surface area contributed by atoms with Crippen molar-refractivity contribution in [3.63, 3.8) is 0 Å². The number of halogens is 1. The van der Waals surface area contributed by atoms with Crippen LogP contribution in [0.2, 0.25) is 0 Å². The van der Waals surface area contributed by atoms with Crippen LogP contribution in [0.25, 0.3) is 10.9 Å². The van der Waals surface area contributed by atoms with Crippen LogP contribution in [-0.2, 0) is 0 Å². The van der Waals surface area contributed by atoms with Gasteiger partial charge in [-0.3, -0.25) is 9.78 Å². The number of fused-ring (bicyclic) bond motifs is 1. The van der Waals surface area contributed by atoms with E-state index in [4.69, 9.17) is 0 Å². The molecule has 4 aromatic rings. The third kappa shape index (κ3) is 3.72. The second-order valence-corrected chi connectivity index (χ2v) is 5.73. The number of anilines is 3. The topological polar surface area (TPSA) is 79.8 Å². The number of carbonyl (C=O) groups is 1. The van der Waals surface area contributed by atoms with Crippen LogP contribution in [0.4, 0.5) is 21.7 Å². The normalized spacial score (nSPS) is 10.6. The third-order valence-corrected chi connectivity index (χ3v) is 3.87. The quantitative estimate of drug-likeness (QED) is 0.572. The Morgan fingerprint density at radius 2 is 1.70 bits per heavy atom. The fraction of sp³-hybridized carbons (Fsp3) is 0. The molecule has 0 saturated heterocycles. The molecule has 2 N–H and O–H groups in total. The monoisotopic (exact) mass is 359 g/mol. The van der Waals surface area contributed by atoms with E-state index < -0.39 is 0 Å². The van der Waals surface area contributed by atoms with Gasteiger partial charge in [0.2, 0.25) is 5.95 Å². The number of rotatable bonds is 4. The summed E-state index contributed by atoms with van der Waals surface area (Å²) >= 11 is 0. The Labute approximate surface area is 154 Å². The van der Waals surface area contributed by atoms with Gasteiger partial charge in [-0.25, -0.2) is 14.4 Å². The molecule has 132 valence electrons. The number of hydrogen-bond donors (Lipinski definition) is 2. The van der Waals surface area contributed by atoms with Crippen molar-refractivity contribution < 1.29 is 9.18 Å². The lowest BCUT2D eigenvalue weighted by Gasteiger charge is -2.09. The maximum atomic E-state index is 13.0. The number of nitrogens with zero attached hydrogens (tertiary/aromatic N) is 3. The maximum absolute atomic E-state index is 13.0. The van der Waals surface area contributed by atoms with E-state index in [0.717, 1.165) is 5.39 Å². The van der Waals surface area contributed by atoms with Gasteiger partial charge in [-0.1, -0.05) is 18.2 Å². The molecule has 27 heavy (non-hydrogen) atoms. The lowest BCUT2D eigenvalue weighted by molar-refractivity contribution is 0.102. The molecule has 0 bridgehead atoms. The Morgan fingerprint density at radius 3 is 2.56 bits per heavy atom. The van der Waals surface area contributed by atoms with Crippen molar-refractivity contribution in [2.24, 2.45) is 0 Å². The standard InChI is InChI=1S/C20H14FN5O/c21-14-6-8-15(9-7-14)24-20-23-12-10-17(26-20)19(27)25-16-5-1-3-13-4-2-11-22-18(13)16/h1-12H,(H,25,27)(H,23,24,26). The summed E-state index contributed by atoms with van der Waals surface area (Å²) in [5, 5.41) is 6.70. The molecule has 0 aliphatic carbocycles. The van der Waals surface area contributed by atoms with Gasteiger partial charge >= 0.3 is 0 Å². The van der Waals surface area contributed by atoms with E-state index in [0.29, 0.717) is 16.9 Å². The zero-order chi connectivity index (χ0) is 18.6. The van der Waals surface area contributed by atoms with Crippen LogP contribution in [0.5, 0.6) is 0 Å². The Morgan fingerprint density at radius 1 is 0.889 bits per heavy atom. The molecule has 0 aliphatic rings. The summed E-state index contributed by atoms with van der Waals surface area (Å²) in [4.78, 5) is 25.2. The van der Waals surface area contributed by atoms with E-state index in [9.17, 15) is 9.18 Å². The van der Waals surface area contributed by atoms with E-state index in [1.165, 1.54) is 24.4 Å². The molecule has 0 spiro atoms.